The Morgan fingerprint density at radius 2 is 2.18 bits per heavy atom. The van der Waals surface area contributed by atoms with E-state index in [1.54, 1.807) is 0 Å². The third-order valence-electron chi connectivity index (χ3n) is 3.07. The number of carbonyl (C=O) groups is 1. The molecule has 1 aromatic heterocycles. The molecule has 0 aromatic carbocycles. The maximum absolute atomic E-state index is 11.5. The van der Waals surface area contributed by atoms with Gasteiger partial charge in [0, 0.05) is 24.0 Å². The topological polar surface area (TPSA) is 66.9 Å². The standard InChI is InChI=1S/C11H16N4OS/c16-9(12-5-7-1-2-7)6-13-11-14-10(15-17-11)8-3-4-8/h7-8H,1-6H2,(H,12,16)(H,13,14,15). The fourth-order valence-electron chi connectivity index (χ4n) is 1.61. The van der Waals surface area contributed by atoms with Gasteiger partial charge in [0.25, 0.3) is 0 Å². The van der Waals surface area contributed by atoms with Crippen molar-refractivity contribution in [2.45, 2.75) is 31.6 Å². The molecule has 2 aliphatic carbocycles. The predicted molar refractivity (Wildman–Crippen MR) is 66.1 cm³/mol. The third-order valence-corrected chi connectivity index (χ3v) is 3.76. The Bertz CT molecular complexity index is 411. The van der Waals surface area contributed by atoms with E-state index < -0.39 is 0 Å². The van der Waals surface area contributed by atoms with E-state index in [1.165, 1.54) is 37.2 Å². The molecule has 1 heterocycles. The molecule has 0 bridgehead atoms. The largest absolute Gasteiger partial charge is 0.354 e. The van der Waals surface area contributed by atoms with Crippen LogP contribution in [-0.2, 0) is 4.79 Å². The van der Waals surface area contributed by atoms with Crippen LogP contribution in [-0.4, -0.2) is 28.4 Å². The molecule has 0 atom stereocenters. The number of amides is 1. The van der Waals surface area contributed by atoms with Crippen LogP contribution >= 0.6 is 11.5 Å². The van der Waals surface area contributed by atoms with Crippen molar-refractivity contribution in [3.63, 3.8) is 0 Å². The summed E-state index contributed by atoms with van der Waals surface area (Å²) in [5.41, 5.74) is 0. The highest BCUT2D eigenvalue weighted by molar-refractivity contribution is 7.09. The van der Waals surface area contributed by atoms with Gasteiger partial charge in [0.1, 0.15) is 5.82 Å². The summed E-state index contributed by atoms with van der Waals surface area (Å²) in [6, 6.07) is 0. The second-order valence-electron chi connectivity index (χ2n) is 4.83. The van der Waals surface area contributed by atoms with Gasteiger partial charge in [0.15, 0.2) is 0 Å². The first-order valence-corrected chi connectivity index (χ1v) is 6.93. The number of nitrogens with zero attached hydrogens (tertiary/aromatic N) is 2. The van der Waals surface area contributed by atoms with Crippen LogP contribution in [0.2, 0.25) is 0 Å². The summed E-state index contributed by atoms with van der Waals surface area (Å²) >= 11 is 1.34. The Hall–Kier alpha value is -1.17. The quantitative estimate of drug-likeness (QED) is 0.802. The van der Waals surface area contributed by atoms with Crippen LogP contribution in [0.25, 0.3) is 0 Å². The summed E-state index contributed by atoms with van der Waals surface area (Å²) in [5.74, 6) is 2.28. The van der Waals surface area contributed by atoms with E-state index in [-0.39, 0.29) is 5.91 Å². The second kappa shape index (κ2) is 4.60. The average molecular weight is 252 g/mol. The van der Waals surface area contributed by atoms with Gasteiger partial charge in [-0.2, -0.15) is 4.37 Å². The number of nitrogens with one attached hydrogen (secondary N) is 2. The van der Waals surface area contributed by atoms with E-state index >= 15 is 0 Å². The van der Waals surface area contributed by atoms with Crippen LogP contribution in [0, 0.1) is 5.92 Å². The zero-order chi connectivity index (χ0) is 11.7. The van der Waals surface area contributed by atoms with Gasteiger partial charge in [0.2, 0.25) is 11.0 Å². The molecule has 0 spiro atoms. The van der Waals surface area contributed by atoms with Gasteiger partial charge >= 0.3 is 0 Å². The molecule has 2 aliphatic rings. The average Bonchev–Trinajstić information content (AvgIpc) is 3.24. The first kappa shape index (κ1) is 11.0. The highest BCUT2D eigenvalue weighted by atomic mass is 32.1. The van der Waals surface area contributed by atoms with Crippen LogP contribution < -0.4 is 10.6 Å². The molecule has 17 heavy (non-hydrogen) atoms. The van der Waals surface area contributed by atoms with E-state index in [1.807, 2.05) is 0 Å². The molecular formula is C11H16N4OS. The Kier molecular flexibility index (Phi) is 2.96. The highest BCUT2D eigenvalue weighted by Gasteiger charge is 2.27. The molecule has 0 aliphatic heterocycles. The minimum Gasteiger partial charge on any atom is -0.354 e. The first-order valence-electron chi connectivity index (χ1n) is 6.15. The van der Waals surface area contributed by atoms with Crippen LogP contribution in [0.3, 0.4) is 0 Å². The van der Waals surface area contributed by atoms with Crippen LogP contribution in [0.15, 0.2) is 0 Å². The summed E-state index contributed by atoms with van der Waals surface area (Å²) in [7, 11) is 0. The van der Waals surface area contributed by atoms with Crippen molar-refractivity contribution in [2.75, 3.05) is 18.4 Å². The Morgan fingerprint density at radius 1 is 1.35 bits per heavy atom. The van der Waals surface area contributed by atoms with E-state index in [4.69, 9.17) is 0 Å². The van der Waals surface area contributed by atoms with Gasteiger partial charge in [-0.25, -0.2) is 4.98 Å². The van der Waals surface area contributed by atoms with E-state index in [0.29, 0.717) is 12.5 Å². The molecule has 0 unspecified atom stereocenters. The molecule has 92 valence electrons. The molecule has 5 nitrogen and oxygen atoms in total. The first-order chi connectivity index (χ1) is 8.31. The fraction of sp³-hybridized carbons (Fsp3) is 0.727. The molecule has 1 amide bonds. The molecule has 2 saturated carbocycles. The highest BCUT2D eigenvalue weighted by Crippen LogP contribution is 2.39. The summed E-state index contributed by atoms with van der Waals surface area (Å²) in [5, 5.41) is 6.69. The lowest BCUT2D eigenvalue weighted by atomic mass is 10.4. The van der Waals surface area contributed by atoms with Gasteiger partial charge in [-0.05, 0) is 31.6 Å². The molecule has 3 rings (SSSR count). The monoisotopic (exact) mass is 252 g/mol. The maximum Gasteiger partial charge on any atom is 0.239 e. The van der Waals surface area contributed by atoms with Gasteiger partial charge in [-0.3, -0.25) is 4.79 Å². The number of hydrogen-bond donors (Lipinski definition) is 2. The van der Waals surface area contributed by atoms with E-state index in [9.17, 15) is 4.79 Å². The Labute approximate surface area is 104 Å². The normalized spacial score (nSPS) is 19.1. The lowest BCUT2D eigenvalue weighted by Crippen LogP contribution is -2.31. The van der Waals surface area contributed by atoms with E-state index in [2.05, 4.69) is 20.0 Å². The third kappa shape index (κ3) is 3.15. The molecule has 0 saturated heterocycles. The molecular weight excluding hydrogens is 236 g/mol. The summed E-state index contributed by atoms with van der Waals surface area (Å²) < 4.78 is 4.28. The summed E-state index contributed by atoms with van der Waals surface area (Å²) in [4.78, 5) is 15.9. The molecule has 0 radical (unpaired) electrons. The van der Waals surface area contributed by atoms with Crippen molar-refractivity contribution in [1.29, 1.82) is 0 Å². The van der Waals surface area contributed by atoms with Crippen molar-refractivity contribution in [2.24, 2.45) is 5.92 Å². The van der Waals surface area contributed by atoms with Gasteiger partial charge in [-0.15, -0.1) is 0 Å². The summed E-state index contributed by atoms with van der Waals surface area (Å²) in [6.07, 6.45) is 4.93. The second-order valence-corrected chi connectivity index (χ2v) is 5.58. The Balaban J connectivity index is 1.40. The predicted octanol–water partition coefficient (Wildman–Crippen LogP) is 1.35. The number of aromatic nitrogens is 2. The minimum atomic E-state index is 0.0417. The van der Waals surface area contributed by atoms with Crippen molar-refractivity contribution in [3.8, 4) is 0 Å². The van der Waals surface area contributed by atoms with Crippen molar-refractivity contribution >= 4 is 22.6 Å². The maximum atomic E-state index is 11.5. The smallest absolute Gasteiger partial charge is 0.239 e. The van der Waals surface area contributed by atoms with Crippen molar-refractivity contribution < 1.29 is 4.79 Å². The fourth-order valence-corrected chi connectivity index (χ4v) is 2.25. The van der Waals surface area contributed by atoms with Crippen molar-refractivity contribution in [1.82, 2.24) is 14.7 Å². The van der Waals surface area contributed by atoms with Gasteiger partial charge < -0.3 is 10.6 Å². The van der Waals surface area contributed by atoms with Crippen LogP contribution in [0.1, 0.15) is 37.4 Å². The van der Waals surface area contributed by atoms with Crippen LogP contribution in [0.5, 0.6) is 0 Å². The lowest BCUT2D eigenvalue weighted by Gasteiger charge is -2.03. The Morgan fingerprint density at radius 3 is 2.88 bits per heavy atom. The SMILES string of the molecule is O=C(CNc1nc(C2CC2)ns1)NCC1CC1. The van der Waals surface area contributed by atoms with Gasteiger partial charge in [-0.1, -0.05) is 0 Å². The van der Waals surface area contributed by atoms with Crippen molar-refractivity contribution in [3.05, 3.63) is 5.82 Å². The molecule has 2 N–H and O–H groups in total. The van der Waals surface area contributed by atoms with Gasteiger partial charge in [0.05, 0.1) is 6.54 Å². The zero-order valence-electron chi connectivity index (χ0n) is 9.61. The lowest BCUT2D eigenvalue weighted by molar-refractivity contribution is -0.119. The number of carbonyl (C=O) groups excluding carboxylic acids is 1. The summed E-state index contributed by atoms with van der Waals surface area (Å²) in [6.45, 7) is 1.12. The van der Waals surface area contributed by atoms with Crippen LogP contribution in [0.4, 0.5) is 5.13 Å². The number of hydrogen-bond acceptors (Lipinski definition) is 5. The number of rotatable bonds is 6. The minimum absolute atomic E-state index is 0.0417. The molecule has 1 aromatic rings. The zero-order valence-corrected chi connectivity index (χ0v) is 10.4. The van der Waals surface area contributed by atoms with E-state index in [0.717, 1.165) is 23.4 Å². The molecule has 6 heteroatoms. The number of anilines is 1. The molecule has 2 fully saturated rings.